The molecular weight excluding hydrogens is 113 g/mol. The average molecular weight is 116 g/mol. The topological polar surface area (TPSA) is 9.23 Å². The van der Waals surface area contributed by atoms with Crippen molar-refractivity contribution in [3.8, 4) is 0 Å². The van der Waals surface area contributed by atoms with Crippen LogP contribution in [0.2, 0.25) is 0 Å². The standard InChI is InChI=1S/C2H3ClF2O/c3-1-6-2(4)5/h2H,1H2. The zero-order valence-corrected chi connectivity index (χ0v) is 3.58. The first-order chi connectivity index (χ1) is 2.77. The number of halogens is 3. The average Bonchev–Trinajstić information content (AvgIpc) is 1.35. The van der Waals surface area contributed by atoms with E-state index >= 15 is 0 Å². The van der Waals surface area contributed by atoms with Gasteiger partial charge in [-0.1, -0.05) is 11.6 Å². The Morgan fingerprint density at radius 2 is 2.17 bits per heavy atom. The van der Waals surface area contributed by atoms with E-state index in [2.05, 4.69) is 4.74 Å². The molecule has 0 aliphatic carbocycles. The van der Waals surface area contributed by atoms with Crippen LogP contribution in [0.5, 0.6) is 0 Å². The van der Waals surface area contributed by atoms with Gasteiger partial charge in [0.15, 0.2) is 0 Å². The van der Waals surface area contributed by atoms with Gasteiger partial charge in [0.25, 0.3) is 0 Å². The summed E-state index contributed by atoms with van der Waals surface area (Å²) < 4.78 is 24.9. The summed E-state index contributed by atoms with van der Waals surface area (Å²) in [6.07, 6.45) is 0. The molecule has 0 aromatic carbocycles. The third-order valence-corrected chi connectivity index (χ3v) is 0.315. The van der Waals surface area contributed by atoms with E-state index in [9.17, 15) is 8.78 Å². The molecule has 1 nitrogen and oxygen atoms in total. The Morgan fingerprint density at radius 3 is 2.17 bits per heavy atom. The lowest BCUT2D eigenvalue weighted by molar-refractivity contribution is -0.112. The van der Waals surface area contributed by atoms with Crippen LogP contribution >= 0.6 is 11.6 Å². The molecule has 0 aliphatic heterocycles. The van der Waals surface area contributed by atoms with Crippen LogP contribution in [0.3, 0.4) is 0 Å². The maximum atomic E-state index is 10.7. The fourth-order valence-corrected chi connectivity index (χ4v) is 0.143. The smallest absolute Gasteiger partial charge is 0.307 e. The van der Waals surface area contributed by atoms with E-state index in [-0.39, 0.29) is 0 Å². The van der Waals surface area contributed by atoms with Gasteiger partial charge in [0, 0.05) is 0 Å². The minimum Gasteiger partial charge on any atom is -0.307 e. The molecule has 0 radical (unpaired) electrons. The third kappa shape index (κ3) is 4.11. The van der Waals surface area contributed by atoms with Crippen molar-refractivity contribution in [1.82, 2.24) is 0 Å². The Kier molecular flexibility index (Phi) is 3.37. The number of alkyl halides is 3. The number of hydrogen-bond acceptors (Lipinski definition) is 1. The quantitative estimate of drug-likeness (QED) is 0.496. The molecule has 0 spiro atoms. The highest BCUT2D eigenvalue weighted by Crippen LogP contribution is 1.93. The zero-order valence-electron chi connectivity index (χ0n) is 2.83. The van der Waals surface area contributed by atoms with Gasteiger partial charge in [-0.3, -0.25) is 0 Å². The molecule has 6 heavy (non-hydrogen) atoms. The molecular formula is C2H3ClF2O. The van der Waals surface area contributed by atoms with Crippen LogP contribution in [0.15, 0.2) is 0 Å². The minimum absolute atomic E-state index is 0.447. The van der Waals surface area contributed by atoms with Crippen molar-refractivity contribution >= 4 is 11.6 Å². The van der Waals surface area contributed by atoms with Crippen molar-refractivity contribution in [3.05, 3.63) is 0 Å². The summed E-state index contributed by atoms with van der Waals surface area (Å²) in [4.78, 5) is 0. The molecule has 0 saturated carbocycles. The molecule has 0 atom stereocenters. The summed E-state index contributed by atoms with van der Waals surface area (Å²) in [5.74, 6) is 0. The van der Waals surface area contributed by atoms with Gasteiger partial charge >= 0.3 is 6.61 Å². The first kappa shape index (κ1) is 6.11. The summed E-state index contributed by atoms with van der Waals surface area (Å²) in [5, 5.41) is 0. The van der Waals surface area contributed by atoms with Crippen molar-refractivity contribution in [2.75, 3.05) is 6.07 Å². The molecule has 0 rings (SSSR count). The maximum absolute atomic E-state index is 10.7. The molecule has 38 valence electrons. The van der Waals surface area contributed by atoms with Crippen LogP contribution in [0.25, 0.3) is 0 Å². The monoisotopic (exact) mass is 116 g/mol. The van der Waals surface area contributed by atoms with E-state index in [1.165, 1.54) is 0 Å². The molecule has 0 aromatic rings. The van der Waals surface area contributed by atoms with Gasteiger partial charge < -0.3 is 4.74 Å². The van der Waals surface area contributed by atoms with Crippen LogP contribution in [0, 0.1) is 0 Å². The molecule has 0 heterocycles. The van der Waals surface area contributed by atoms with Crippen molar-refractivity contribution in [3.63, 3.8) is 0 Å². The van der Waals surface area contributed by atoms with Gasteiger partial charge in [-0.25, -0.2) is 0 Å². The van der Waals surface area contributed by atoms with E-state index in [1.54, 1.807) is 0 Å². The Balaban J connectivity index is 2.63. The summed E-state index contributed by atoms with van der Waals surface area (Å²) >= 11 is 4.69. The second kappa shape index (κ2) is 3.31. The number of hydrogen-bond donors (Lipinski definition) is 0. The van der Waals surface area contributed by atoms with Crippen molar-refractivity contribution < 1.29 is 13.5 Å². The Hall–Kier alpha value is 0.110. The van der Waals surface area contributed by atoms with Crippen LogP contribution in [0.4, 0.5) is 8.78 Å². The molecule has 0 saturated heterocycles. The molecule has 0 unspecified atom stereocenters. The van der Waals surface area contributed by atoms with Gasteiger partial charge in [0.1, 0.15) is 6.07 Å². The molecule has 0 aliphatic rings. The van der Waals surface area contributed by atoms with Crippen molar-refractivity contribution in [1.29, 1.82) is 0 Å². The number of ether oxygens (including phenoxy) is 1. The van der Waals surface area contributed by atoms with Gasteiger partial charge in [0.05, 0.1) is 0 Å². The van der Waals surface area contributed by atoms with Crippen LogP contribution < -0.4 is 0 Å². The van der Waals surface area contributed by atoms with Crippen molar-refractivity contribution in [2.24, 2.45) is 0 Å². The summed E-state index contributed by atoms with van der Waals surface area (Å²) in [5.41, 5.74) is 0. The molecule has 0 bridgehead atoms. The predicted molar refractivity (Wildman–Crippen MR) is 17.8 cm³/mol. The molecule has 0 aromatic heterocycles. The summed E-state index contributed by atoms with van der Waals surface area (Å²) in [7, 11) is 0. The van der Waals surface area contributed by atoms with Crippen LogP contribution in [-0.4, -0.2) is 12.7 Å². The lowest BCUT2D eigenvalue weighted by Crippen LogP contribution is -1.94. The number of rotatable bonds is 2. The fraction of sp³-hybridized carbons (Fsp3) is 1.00. The second-order valence-corrected chi connectivity index (χ2v) is 0.755. The summed E-state index contributed by atoms with van der Waals surface area (Å²) in [6, 6.07) is -0.447. The van der Waals surface area contributed by atoms with E-state index in [1.807, 2.05) is 0 Å². The largest absolute Gasteiger partial charge is 0.346 e. The minimum atomic E-state index is -2.73. The second-order valence-electron chi connectivity index (χ2n) is 0.536. The fourth-order valence-electron chi connectivity index (χ4n) is 0.0476. The molecule has 0 amide bonds. The highest BCUT2D eigenvalue weighted by Gasteiger charge is 1.95. The van der Waals surface area contributed by atoms with Gasteiger partial charge in [0.2, 0.25) is 0 Å². The van der Waals surface area contributed by atoms with Gasteiger partial charge in [-0.15, -0.1) is 0 Å². The first-order valence-corrected chi connectivity index (χ1v) is 1.76. The molecule has 0 fully saturated rings. The predicted octanol–water partition coefficient (Wildman–Crippen LogP) is 1.42. The lowest BCUT2D eigenvalue weighted by atomic mass is 11.4. The highest BCUT2D eigenvalue weighted by molar-refractivity contribution is 6.17. The van der Waals surface area contributed by atoms with E-state index in [0.29, 0.717) is 0 Å². The van der Waals surface area contributed by atoms with E-state index in [0.717, 1.165) is 0 Å². The van der Waals surface area contributed by atoms with Crippen LogP contribution in [-0.2, 0) is 4.74 Å². The first-order valence-electron chi connectivity index (χ1n) is 1.23. The molecule has 0 N–H and O–H groups in total. The van der Waals surface area contributed by atoms with Gasteiger partial charge in [-0.05, 0) is 0 Å². The Bertz CT molecular complexity index is 32.7. The van der Waals surface area contributed by atoms with Crippen molar-refractivity contribution in [2.45, 2.75) is 6.61 Å². The maximum Gasteiger partial charge on any atom is 0.346 e. The lowest BCUT2D eigenvalue weighted by Gasteiger charge is -1.90. The van der Waals surface area contributed by atoms with Gasteiger partial charge in [-0.2, -0.15) is 8.78 Å². The highest BCUT2D eigenvalue weighted by atomic mass is 35.5. The zero-order chi connectivity index (χ0) is 4.99. The van der Waals surface area contributed by atoms with E-state index in [4.69, 9.17) is 11.6 Å². The summed E-state index contributed by atoms with van der Waals surface area (Å²) in [6.45, 7) is -2.73. The normalized spacial score (nSPS) is 10.0. The third-order valence-electron chi connectivity index (χ3n) is 0.189. The van der Waals surface area contributed by atoms with Crippen LogP contribution in [0.1, 0.15) is 0 Å². The van der Waals surface area contributed by atoms with E-state index < -0.39 is 12.7 Å². The SMILES string of the molecule is FC(F)OCCl. The molecule has 4 heteroatoms. The Morgan fingerprint density at radius 1 is 1.67 bits per heavy atom. The Labute approximate surface area is 38.9 Å².